The zero-order valence-corrected chi connectivity index (χ0v) is 10.8. The summed E-state index contributed by atoms with van der Waals surface area (Å²) in [6.07, 6.45) is 1.06. The van der Waals surface area contributed by atoms with Crippen molar-refractivity contribution < 1.29 is 4.74 Å². The van der Waals surface area contributed by atoms with Crippen molar-refractivity contribution in [1.29, 1.82) is 0 Å². The van der Waals surface area contributed by atoms with Crippen LogP contribution >= 0.6 is 11.8 Å². The Morgan fingerprint density at radius 2 is 2.38 bits per heavy atom. The van der Waals surface area contributed by atoms with Crippen LogP contribution < -0.4 is 10.1 Å². The van der Waals surface area contributed by atoms with E-state index in [1.807, 2.05) is 18.8 Å². The molecule has 0 aromatic heterocycles. The third-order valence-corrected chi connectivity index (χ3v) is 3.93. The highest BCUT2D eigenvalue weighted by Crippen LogP contribution is 2.29. The Labute approximate surface area is 102 Å². The van der Waals surface area contributed by atoms with Gasteiger partial charge in [0.1, 0.15) is 5.75 Å². The molecule has 16 heavy (non-hydrogen) atoms. The third kappa shape index (κ3) is 2.53. The van der Waals surface area contributed by atoms with E-state index in [9.17, 15) is 0 Å². The summed E-state index contributed by atoms with van der Waals surface area (Å²) in [5.41, 5.74) is 2.74. The van der Waals surface area contributed by atoms with E-state index in [-0.39, 0.29) is 0 Å². The Kier molecular flexibility index (Phi) is 4.13. The minimum Gasteiger partial charge on any atom is -0.493 e. The molecule has 0 saturated carbocycles. The second-order valence-electron chi connectivity index (χ2n) is 3.97. The van der Waals surface area contributed by atoms with Gasteiger partial charge in [-0.15, -0.1) is 0 Å². The predicted octanol–water partition coefficient (Wildman–Crippen LogP) is 2.64. The number of thioether (sulfide) groups is 1. The van der Waals surface area contributed by atoms with Crippen molar-refractivity contribution in [2.24, 2.45) is 0 Å². The number of nitrogens with one attached hydrogen (secondary N) is 1. The first kappa shape index (κ1) is 11.8. The van der Waals surface area contributed by atoms with E-state index in [1.54, 1.807) is 0 Å². The van der Waals surface area contributed by atoms with E-state index in [0.29, 0.717) is 6.04 Å². The Morgan fingerprint density at radius 1 is 1.50 bits per heavy atom. The molecule has 2 nitrogen and oxygen atoms in total. The van der Waals surface area contributed by atoms with Crippen molar-refractivity contribution in [1.82, 2.24) is 5.32 Å². The molecule has 1 aliphatic heterocycles. The van der Waals surface area contributed by atoms with Gasteiger partial charge in [-0.2, -0.15) is 11.8 Å². The third-order valence-electron chi connectivity index (χ3n) is 2.95. The molecule has 0 aliphatic carbocycles. The minimum absolute atomic E-state index is 0.454. The Hall–Kier alpha value is -0.670. The maximum atomic E-state index is 5.52. The first-order valence-electron chi connectivity index (χ1n) is 5.85. The van der Waals surface area contributed by atoms with E-state index < -0.39 is 0 Å². The molecule has 0 bridgehead atoms. The molecule has 1 unspecified atom stereocenters. The monoisotopic (exact) mass is 237 g/mol. The molecule has 1 aromatic rings. The van der Waals surface area contributed by atoms with E-state index in [4.69, 9.17) is 4.74 Å². The highest BCUT2D eigenvalue weighted by molar-refractivity contribution is 7.99. The quantitative estimate of drug-likeness (QED) is 0.850. The fourth-order valence-corrected chi connectivity index (χ4v) is 2.84. The molecule has 1 aliphatic rings. The average Bonchev–Trinajstić information content (AvgIpc) is 2.77. The van der Waals surface area contributed by atoms with Gasteiger partial charge in [0.05, 0.1) is 6.61 Å². The Balaban J connectivity index is 2.12. The highest BCUT2D eigenvalue weighted by Gasteiger charge is 2.15. The van der Waals surface area contributed by atoms with E-state index >= 15 is 0 Å². The number of hydrogen-bond donors (Lipinski definition) is 1. The number of hydrogen-bond acceptors (Lipinski definition) is 3. The number of rotatable bonds is 5. The van der Waals surface area contributed by atoms with Gasteiger partial charge in [0.25, 0.3) is 0 Å². The van der Waals surface area contributed by atoms with Crippen LogP contribution in [0.4, 0.5) is 0 Å². The van der Waals surface area contributed by atoms with E-state index in [0.717, 1.165) is 24.5 Å². The molecular formula is C13H19NOS. The maximum Gasteiger partial charge on any atom is 0.122 e. The first-order valence-corrected chi connectivity index (χ1v) is 7.01. The summed E-state index contributed by atoms with van der Waals surface area (Å²) in [6.45, 7) is 3.04. The molecule has 0 amide bonds. The van der Waals surface area contributed by atoms with Gasteiger partial charge in [-0.1, -0.05) is 19.1 Å². The average molecular weight is 237 g/mol. The van der Waals surface area contributed by atoms with Gasteiger partial charge in [-0.3, -0.25) is 0 Å². The number of ether oxygens (including phenoxy) is 1. The summed E-state index contributed by atoms with van der Waals surface area (Å²) in [7, 11) is 2.03. The number of benzene rings is 1. The SMILES string of the molecule is CCSCC(NC)c1ccc2c(c1)CCO2. The molecule has 1 atom stereocenters. The van der Waals surface area contributed by atoms with Crippen LogP contribution in [0.5, 0.6) is 5.75 Å². The van der Waals surface area contributed by atoms with Gasteiger partial charge in [-0.25, -0.2) is 0 Å². The normalized spacial score (nSPS) is 15.6. The van der Waals surface area contributed by atoms with Crippen molar-refractivity contribution in [2.75, 3.05) is 25.2 Å². The second kappa shape index (κ2) is 5.60. The van der Waals surface area contributed by atoms with Crippen molar-refractivity contribution in [3.63, 3.8) is 0 Å². The van der Waals surface area contributed by atoms with Gasteiger partial charge in [0.2, 0.25) is 0 Å². The summed E-state index contributed by atoms with van der Waals surface area (Å²) in [5.74, 6) is 3.38. The summed E-state index contributed by atoms with van der Waals surface area (Å²) >= 11 is 1.98. The Bertz CT molecular complexity index is 354. The van der Waals surface area contributed by atoms with Gasteiger partial charge in [-0.05, 0) is 30.0 Å². The van der Waals surface area contributed by atoms with Crippen LogP contribution in [0.1, 0.15) is 24.1 Å². The van der Waals surface area contributed by atoms with Gasteiger partial charge in [0.15, 0.2) is 0 Å². The fraction of sp³-hybridized carbons (Fsp3) is 0.538. The van der Waals surface area contributed by atoms with E-state index in [1.165, 1.54) is 16.9 Å². The van der Waals surface area contributed by atoms with Crippen molar-refractivity contribution >= 4 is 11.8 Å². The summed E-state index contributed by atoms with van der Waals surface area (Å²) in [6, 6.07) is 7.04. The lowest BCUT2D eigenvalue weighted by Crippen LogP contribution is -2.18. The topological polar surface area (TPSA) is 21.3 Å². The van der Waals surface area contributed by atoms with Crippen LogP contribution in [0.2, 0.25) is 0 Å². The van der Waals surface area contributed by atoms with Crippen molar-refractivity contribution in [3.05, 3.63) is 29.3 Å². The standard InChI is InChI=1S/C13H19NOS/c1-3-16-9-12(14-2)10-4-5-13-11(8-10)6-7-15-13/h4-5,8,12,14H,3,6-7,9H2,1-2H3. The number of fused-ring (bicyclic) bond motifs is 1. The van der Waals surface area contributed by atoms with Crippen LogP contribution in [-0.2, 0) is 6.42 Å². The van der Waals surface area contributed by atoms with Crippen LogP contribution in [-0.4, -0.2) is 25.2 Å². The lowest BCUT2D eigenvalue weighted by Gasteiger charge is -2.16. The molecule has 2 rings (SSSR count). The lowest BCUT2D eigenvalue weighted by molar-refractivity contribution is 0.357. The molecule has 0 spiro atoms. The molecule has 0 saturated heterocycles. The predicted molar refractivity (Wildman–Crippen MR) is 70.4 cm³/mol. The van der Waals surface area contributed by atoms with Crippen molar-refractivity contribution in [3.8, 4) is 5.75 Å². The van der Waals surface area contributed by atoms with Gasteiger partial charge in [0, 0.05) is 18.2 Å². The van der Waals surface area contributed by atoms with Gasteiger partial charge >= 0.3 is 0 Å². The summed E-state index contributed by atoms with van der Waals surface area (Å²) < 4.78 is 5.52. The lowest BCUT2D eigenvalue weighted by atomic mass is 10.0. The molecule has 1 heterocycles. The molecule has 1 N–H and O–H groups in total. The van der Waals surface area contributed by atoms with Crippen molar-refractivity contribution in [2.45, 2.75) is 19.4 Å². The van der Waals surface area contributed by atoms with Gasteiger partial charge < -0.3 is 10.1 Å². The largest absolute Gasteiger partial charge is 0.493 e. The van der Waals surface area contributed by atoms with Crippen LogP contribution in [0.15, 0.2) is 18.2 Å². The van der Waals surface area contributed by atoms with Crippen LogP contribution in [0, 0.1) is 0 Å². The minimum atomic E-state index is 0.454. The molecule has 1 aromatic carbocycles. The molecule has 88 valence electrons. The van der Waals surface area contributed by atoms with Crippen LogP contribution in [0.25, 0.3) is 0 Å². The van der Waals surface area contributed by atoms with E-state index in [2.05, 4.69) is 30.4 Å². The highest BCUT2D eigenvalue weighted by atomic mass is 32.2. The molecule has 0 fully saturated rings. The Morgan fingerprint density at radius 3 is 3.12 bits per heavy atom. The van der Waals surface area contributed by atoms with Crippen LogP contribution in [0.3, 0.4) is 0 Å². The molecule has 0 radical (unpaired) electrons. The fourth-order valence-electron chi connectivity index (χ4n) is 2.01. The summed E-state index contributed by atoms with van der Waals surface area (Å²) in [5, 5.41) is 3.38. The second-order valence-corrected chi connectivity index (χ2v) is 5.29. The smallest absolute Gasteiger partial charge is 0.122 e. The zero-order valence-electron chi connectivity index (χ0n) is 9.95. The zero-order chi connectivity index (χ0) is 11.4. The molecular weight excluding hydrogens is 218 g/mol. The summed E-state index contributed by atoms with van der Waals surface area (Å²) in [4.78, 5) is 0. The first-order chi connectivity index (χ1) is 7.85. The maximum absolute atomic E-state index is 5.52. The molecule has 3 heteroatoms.